The number of rotatable bonds is 3. The monoisotopic (exact) mass is 232 g/mol. The summed E-state index contributed by atoms with van der Waals surface area (Å²) >= 11 is 0. The zero-order valence-corrected chi connectivity index (χ0v) is 9.62. The van der Waals surface area contributed by atoms with E-state index < -0.39 is 7.82 Å². The van der Waals surface area contributed by atoms with Crippen LogP contribution in [-0.4, -0.2) is 9.79 Å². The molecular weight excluding hydrogens is 219 g/mol. The van der Waals surface area contributed by atoms with Crippen molar-refractivity contribution in [3.8, 4) is 5.75 Å². The molecule has 1 rings (SSSR count). The van der Waals surface area contributed by atoms with Crippen LogP contribution in [0, 0.1) is 20.8 Å². The van der Waals surface area contributed by atoms with Gasteiger partial charge in [0.05, 0.1) is 0 Å². The van der Waals surface area contributed by atoms with Crippen molar-refractivity contribution in [1.82, 2.24) is 0 Å². The van der Waals surface area contributed by atoms with Crippen molar-refractivity contribution in [2.45, 2.75) is 20.8 Å². The smallest absolute Gasteiger partial charge is 0.327 e. The maximum absolute atomic E-state index is 10.4. The summed E-state index contributed by atoms with van der Waals surface area (Å²) in [6, 6.07) is 3.40. The lowest BCUT2D eigenvalue weighted by molar-refractivity contribution is -0.123. The van der Waals surface area contributed by atoms with E-state index in [2.05, 4.69) is 9.56 Å². The van der Waals surface area contributed by atoms with E-state index in [9.17, 15) is 4.57 Å². The predicted octanol–water partition coefficient (Wildman–Crippen LogP) is 2.01. The average Bonchev–Trinajstić information content (AvgIpc) is 2.12. The molecule has 0 heterocycles. The van der Waals surface area contributed by atoms with Gasteiger partial charge in [-0.1, -0.05) is 10.7 Å². The lowest BCUT2D eigenvalue weighted by Gasteiger charge is -2.11. The number of benzene rings is 1. The third kappa shape index (κ3) is 3.32. The first kappa shape index (κ1) is 12.2. The second-order valence-electron chi connectivity index (χ2n) is 3.28. The molecule has 0 aliphatic rings. The third-order valence-electron chi connectivity index (χ3n) is 2.23. The van der Waals surface area contributed by atoms with Crippen LogP contribution >= 0.6 is 7.82 Å². The number of aryl methyl sites for hydroxylation is 1. The summed E-state index contributed by atoms with van der Waals surface area (Å²) in [5, 5.41) is 0. The van der Waals surface area contributed by atoms with Crippen LogP contribution in [0.4, 0.5) is 0 Å². The van der Waals surface area contributed by atoms with Crippen LogP contribution in [-0.2, 0) is 9.24 Å². The van der Waals surface area contributed by atoms with Crippen LogP contribution in [0.1, 0.15) is 16.7 Å². The van der Waals surface area contributed by atoms with Crippen molar-refractivity contribution in [1.29, 1.82) is 0 Å². The Labute approximate surface area is 87.8 Å². The highest BCUT2D eigenvalue weighted by molar-refractivity contribution is 7.46. The zero-order valence-electron chi connectivity index (χ0n) is 8.72. The van der Waals surface area contributed by atoms with Crippen molar-refractivity contribution >= 4 is 7.82 Å². The van der Waals surface area contributed by atoms with Gasteiger partial charge in [0.2, 0.25) is 0 Å². The molecule has 0 fully saturated rings. The summed E-state index contributed by atoms with van der Waals surface area (Å²) in [6.45, 7) is 5.63. The second kappa shape index (κ2) is 4.33. The quantitative estimate of drug-likeness (QED) is 0.473. The van der Waals surface area contributed by atoms with E-state index in [0.29, 0.717) is 5.75 Å². The molecule has 0 bridgehead atoms. The highest BCUT2D eigenvalue weighted by Crippen LogP contribution is 2.37. The van der Waals surface area contributed by atoms with Gasteiger partial charge >= 0.3 is 7.82 Å². The maximum Gasteiger partial charge on any atom is 0.505 e. The molecule has 2 N–H and O–H groups in total. The molecule has 1 aromatic rings. The molecule has 0 radical (unpaired) electrons. The van der Waals surface area contributed by atoms with E-state index >= 15 is 0 Å². The van der Waals surface area contributed by atoms with Gasteiger partial charge in [-0.2, -0.15) is 0 Å². The fourth-order valence-electron chi connectivity index (χ4n) is 1.11. The van der Waals surface area contributed by atoms with Crippen molar-refractivity contribution < 1.29 is 23.9 Å². The molecule has 0 spiro atoms. The van der Waals surface area contributed by atoms with Crippen LogP contribution in [0.3, 0.4) is 0 Å². The molecule has 1 aromatic carbocycles. The van der Waals surface area contributed by atoms with Gasteiger partial charge in [0.15, 0.2) is 5.75 Å². The summed E-state index contributed by atoms with van der Waals surface area (Å²) in [6.07, 6.45) is 0. The largest absolute Gasteiger partial charge is 0.505 e. The van der Waals surface area contributed by atoms with E-state index in [4.69, 9.17) is 9.79 Å². The minimum atomic E-state index is -4.60. The Bertz CT molecular complexity index is 409. The average molecular weight is 232 g/mol. The van der Waals surface area contributed by atoms with Gasteiger partial charge in [-0.15, -0.1) is 0 Å². The van der Waals surface area contributed by atoms with Crippen molar-refractivity contribution in [2.24, 2.45) is 0 Å². The molecule has 5 nitrogen and oxygen atoms in total. The lowest BCUT2D eigenvalue weighted by Crippen LogP contribution is -1.98. The Morgan fingerprint density at radius 2 is 1.73 bits per heavy atom. The van der Waals surface area contributed by atoms with Gasteiger partial charge in [-0.3, -0.25) is 0 Å². The first-order valence-corrected chi connectivity index (χ1v) is 5.83. The van der Waals surface area contributed by atoms with E-state index in [1.165, 1.54) is 0 Å². The molecule has 0 aromatic heterocycles. The molecular formula is C9H13O5P. The summed E-state index contributed by atoms with van der Waals surface area (Å²) < 4.78 is 14.4. The number of phosphoric acid groups is 1. The molecule has 0 atom stereocenters. The lowest BCUT2D eigenvalue weighted by atomic mass is 10.0. The van der Waals surface area contributed by atoms with E-state index in [1.54, 1.807) is 19.1 Å². The minimum absolute atomic E-state index is 0.307. The van der Waals surface area contributed by atoms with Gasteiger partial charge < -0.3 is 14.7 Å². The molecule has 0 amide bonds. The first-order valence-electron chi connectivity index (χ1n) is 4.30. The first-order chi connectivity index (χ1) is 6.81. The van der Waals surface area contributed by atoms with E-state index in [0.717, 1.165) is 16.7 Å². The normalized spacial score (nSPS) is 11.5. The maximum atomic E-state index is 10.4. The summed E-state index contributed by atoms with van der Waals surface area (Å²) in [4.78, 5) is 21.5. The summed E-state index contributed by atoms with van der Waals surface area (Å²) in [5.41, 5.74) is 2.88. The second-order valence-corrected chi connectivity index (χ2v) is 4.41. The van der Waals surface area contributed by atoms with Crippen LogP contribution in [0.15, 0.2) is 12.1 Å². The standard InChI is InChI=1S/C9H13O5P/c1-6-4-5-9(8(3)7(6)2)13-14-15(10,11)12/h4-5H,1-3H3,(H2,10,11,12). The van der Waals surface area contributed by atoms with Crippen LogP contribution in [0.5, 0.6) is 5.75 Å². The molecule has 0 saturated carbocycles. The molecule has 0 aliphatic heterocycles. The minimum Gasteiger partial charge on any atom is -0.327 e. The van der Waals surface area contributed by atoms with Crippen LogP contribution in [0.25, 0.3) is 0 Å². The summed E-state index contributed by atoms with van der Waals surface area (Å²) in [5.74, 6) is 0.307. The van der Waals surface area contributed by atoms with Crippen molar-refractivity contribution in [2.75, 3.05) is 0 Å². The van der Waals surface area contributed by atoms with Gasteiger partial charge in [-0.25, -0.2) is 4.57 Å². The molecule has 84 valence electrons. The molecule has 15 heavy (non-hydrogen) atoms. The van der Waals surface area contributed by atoms with Crippen molar-refractivity contribution in [3.05, 3.63) is 28.8 Å². The van der Waals surface area contributed by atoms with Gasteiger partial charge in [0.25, 0.3) is 0 Å². The van der Waals surface area contributed by atoms with Crippen LogP contribution < -0.4 is 4.89 Å². The highest BCUT2D eigenvalue weighted by Gasteiger charge is 2.17. The molecule has 0 saturated heterocycles. The molecule has 0 aliphatic carbocycles. The predicted molar refractivity (Wildman–Crippen MR) is 54.4 cm³/mol. The van der Waals surface area contributed by atoms with E-state index in [1.807, 2.05) is 13.8 Å². The van der Waals surface area contributed by atoms with Crippen molar-refractivity contribution in [3.63, 3.8) is 0 Å². The Morgan fingerprint density at radius 1 is 1.13 bits per heavy atom. The Kier molecular flexibility index (Phi) is 3.52. The fraction of sp³-hybridized carbons (Fsp3) is 0.333. The third-order valence-corrected chi connectivity index (χ3v) is 2.50. The Morgan fingerprint density at radius 3 is 2.27 bits per heavy atom. The Balaban J connectivity index is 2.88. The zero-order chi connectivity index (χ0) is 11.6. The highest BCUT2D eigenvalue weighted by atomic mass is 31.2. The van der Waals surface area contributed by atoms with Gasteiger partial charge in [-0.05, 0) is 43.5 Å². The van der Waals surface area contributed by atoms with Gasteiger partial charge in [0.1, 0.15) is 0 Å². The molecule has 0 unspecified atom stereocenters. The van der Waals surface area contributed by atoms with E-state index in [-0.39, 0.29) is 0 Å². The molecule has 6 heteroatoms. The Hall–Kier alpha value is -0.870. The number of hydrogen-bond donors (Lipinski definition) is 2. The van der Waals surface area contributed by atoms with Gasteiger partial charge in [0, 0.05) is 0 Å². The fourth-order valence-corrected chi connectivity index (χ4v) is 1.29. The number of hydrogen-bond acceptors (Lipinski definition) is 3. The SMILES string of the molecule is Cc1ccc(OOP(=O)(O)O)c(C)c1C. The van der Waals surface area contributed by atoms with Crippen LogP contribution in [0.2, 0.25) is 0 Å². The topological polar surface area (TPSA) is 76.0 Å². The summed E-state index contributed by atoms with van der Waals surface area (Å²) in [7, 11) is -4.60.